The minimum absolute atomic E-state index is 0.649. The fourth-order valence-electron chi connectivity index (χ4n) is 3.03. The van der Waals surface area contributed by atoms with E-state index in [1.165, 1.54) is 38.8 Å². The van der Waals surface area contributed by atoms with E-state index < -0.39 is 11.5 Å². The Bertz CT molecular complexity index is 263. The van der Waals surface area contributed by atoms with E-state index in [1.54, 1.807) is 0 Å². The maximum absolute atomic E-state index is 11.5. The predicted molar refractivity (Wildman–Crippen MR) is 78.5 cm³/mol. The Kier molecular flexibility index (Phi) is 7.39. The molecule has 1 atom stereocenters. The molecule has 0 aromatic rings. The molecule has 4 heteroatoms. The van der Waals surface area contributed by atoms with E-state index in [0.717, 1.165) is 19.4 Å². The third-order valence-electron chi connectivity index (χ3n) is 4.30. The first-order valence-corrected chi connectivity index (χ1v) is 7.85. The summed E-state index contributed by atoms with van der Waals surface area (Å²) in [6, 6.07) is 0. The molecule has 0 aromatic carbocycles. The van der Waals surface area contributed by atoms with Crippen molar-refractivity contribution in [3.63, 3.8) is 0 Å². The van der Waals surface area contributed by atoms with Crippen molar-refractivity contribution in [2.24, 2.45) is 0 Å². The first kappa shape index (κ1) is 16.4. The Morgan fingerprint density at radius 2 is 1.84 bits per heavy atom. The van der Waals surface area contributed by atoms with Crippen LogP contribution in [0.25, 0.3) is 0 Å². The zero-order valence-corrected chi connectivity index (χ0v) is 12.6. The van der Waals surface area contributed by atoms with E-state index in [2.05, 4.69) is 10.2 Å². The molecule has 0 radical (unpaired) electrons. The molecule has 19 heavy (non-hydrogen) atoms. The second-order valence-electron chi connectivity index (χ2n) is 5.63. The molecular weight excluding hydrogens is 240 g/mol. The van der Waals surface area contributed by atoms with Crippen molar-refractivity contribution >= 4 is 5.97 Å². The van der Waals surface area contributed by atoms with Gasteiger partial charge in [-0.15, -0.1) is 0 Å². The van der Waals surface area contributed by atoms with Gasteiger partial charge in [0.2, 0.25) is 0 Å². The minimum atomic E-state index is -0.722. The van der Waals surface area contributed by atoms with Crippen molar-refractivity contribution < 1.29 is 9.90 Å². The van der Waals surface area contributed by atoms with Crippen LogP contribution in [0.3, 0.4) is 0 Å². The van der Waals surface area contributed by atoms with Crippen LogP contribution in [-0.2, 0) is 4.79 Å². The number of carboxylic acids is 1. The zero-order chi connectivity index (χ0) is 14.1. The maximum Gasteiger partial charge on any atom is 0.323 e. The molecule has 2 N–H and O–H groups in total. The van der Waals surface area contributed by atoms with Crippen LogP contribution in [0.2, 0.25) is 0 Å². The van der Waals surface area contributed by atoms with Crippen LogP contribution < -0.4 is 5.32 Å². The van der Waals surface area contributed by atoms with E-state index in [-0.39, 0.29) is 0 Å². The van der Waals surface area contributed by atoms with Gasteiger partial charge in [0.15, 0.2) is 0 Å². The first-order valence-electron chi connectivity index (χ1n) is 7.85. The molecule has 1 aliphatic rings. The van der Waals surface area contributed by atoms with Gasteiger partial charge in [-0.25, -0.2) is 0 Å². The van der Waals surface area contributed by atoms with Crippen molar-refractivity contribution in [1.29, 1.82) is 0 Å². The van der Waals surface area contributed by atoms with Crippen LogP contribution in [0.4, 0.5) is 0 Å². The zero-order valence-electron chi connectivity index (χ0n) is 12.6. The van der Waals surface area contributed by atoms with Gasteiger partial charge in [-0.1, -0.05) is 26.7 Å². The molecule has 0 aliphatic carbocycles. The van der Waals surface area contributed by atoms with Crippen molar-refractivity contribution in [3.05, 3.63) is 0 Å². The second kappa shape index (κ2) is 8.54. The second-order valence-corrected chi connectivity index (χ2v) is 5.63. The number of hydrogen-bond donors (Lipinski definition) is 2. The highest BCUT2D eigenvalue weighted by molar-refractivity contribution is 5.78. The van der Waals surface area contributed by atoms with Gasteiger partial charge in [0.1, 0.15) is 5.54 Å². The highest BCUT2D eigenvalue weighted by atomic mass is 16.4. The number of nitrogens with zero attached hydrogens (tertiary/aromatic N) is 1. The lowest BCUT2D eigenvalue weighted by Crippen LogP contribution is -2.52. The summed E-state index contributed by atoms with van der Waals surface area (Å²) in [7, 11) is 0. The summed E-state index contributed by atoms with van der Waals surface area (Å²) in [5.74, 6) is -0.701. The monoisotopic (exact) mass is 270 g/mol. The average Bonchev–Trinajstić information content (AvgIpc) is 2.66. The predicted octanol–water partition coefficient (Wildman–Crippen LogP) is 2.49. The molecule has 4 nitrogen and oxygen atoms in total. The van der Waals surface area contributed by atoms with E-state index >= 15 is 0 Å². The lowest BCUT2D eigenvalue weighted by molar-refractivity contribution is -0.145. The van der Waals surface area contributed by atoms with E-state index in [9.17, 15) is 9.90 Å². The first-order chi connectivity index (χ1) is 9.14. The number of likely N-dealkylation sites (N-methyl/N-ethyl adjacent to an activating group) is 1. The Morgan fingerprint density at radius 3 is 2.32 bits per heavy atom. The molecule has 1 rings (SSSR count). The van der Waals surface area contributed by atoms with Crippen molar-refractivity contribution in [2.75, 3.05) is 26.2 Å². The van der Waals surface area contributed by atoms with Gasteiger partial charge < -0.3 is 15.3 Å². The SMILES string of the molecule is CCNC(CC)(CCCN1CCCCCC1)C(=O)O. The molecule has 0 saturated carbocycles. The van der Waals surface area contributed by atoms with Crippen LogP contribution in [0.1, 0.15) is 58.8 Å². The van der Waals surface area contributed by atoms with Crippen LogP contribution in [0.5, 0.6) is 0 Å². The molecule has 1 heterocycles. The van der Waals surface area contributed by atoms with E-state index in [4.69, 9.17) is 0 Å². The Labute approximate surface area is 117 Å². The van der Waals surface area contributed by atoms with Gasteiger partial charge in [0.05, 0.1) is 0 Å². The molecule has 0 amide bonds. The number of carbonyl (C=O) groups is 1. The number of likely N-dealkylation sites (tertiary alicyclic amines) is 1. The van der Waals surface area contributed by atoms with Crippen molar-refractivity contribution in [1.82, 2.24) is 10.2 Å². The van der Waals surface area contributed by atoms with Gasteiger partial charge in [-0.05, 0) is 58.3 Å². The standard InChI is InChI=1S/C15H30N2O2/c1-3-15(14(18)19,16-4-2)10-9-13-17-11-7-5-6-8-12-17/h16H,3-13H2,1-2H3,(H,18,19). The Balaban J connectivity index is 2.40. The largest absolute Gasteiger partial charge is 0.480 e. The fraction of sp³-hybridized carbons (Fsp3) is 0.933. The molecule has 1 saturated heterocycles. The summed E-state index contributed by atoms with van der Waals surface area (Å²) < 4.78 is 0. The van der Waals surface area contributed by atoms with Gasteiger partial charge >= 0.3 is 5.97 Å². The lowest BCUT2D eigenvalue weighted by Gasteiger charge is -2.30. The maximum atomic E-state index is 11.5. The number of hydrogen-bond acceptors (Lipinski definition) is 3. The normalized spacial score (nSPS) is 20.7. The minimum Gasteiger partial charge on any atom is -0.480 e. The molecule has 1 fully saturated rings. The van der Waals surface area contributed by atoms with Gasteiger partial charge in [0.25, 0.3) is 0 Å². The molecule has 1 unspecified atom stereocenters. The average molecular weight is 270 g/mol. The Morgan fingerprint density at radius 1 is 1.21 bits per heavy atom. The van der Waals surface area contributed by atoms with E-state index in [0.29, 0.717) is 13.0 Å². The van der Waals surface area contributed by atoms with Crippen molar-refractivity contribution in [3.8, 4) is 0 Å². The highest BCUT2D eigenvalue weighted by Crippen LogP contribution is 2.19. The summed E-state index contributed by atoms with van der Waals surface area (Å²) in [6.07, 6.45) is 7.63. The summed E-state index contributed by atoms with van der Waals surface area (Å²) in [6.45, 7) is 8.07. The van der Waals surface area contributed by atoms with Crippen molar-refractivity contribution in [2.45, 2.75) is 64.3 Å². The molecule has 1 aliphatic heterocycles. The number of nitrogens with one attached hydrogen (secondary N) is 1. The smallest absolute Gasteiger partial charge is 0.323 e. The van der Waals surface area contributed by atoms with E-state index in [1.807, 2.05) is 13.8 Å². The third-order valence-corrected chi connectivity index (χ3v) is 4.30. The van der Waals surface area contributed by atoms with Crippen LogP contribution in [0, 0.1) is 0 Å². The summed E-state index contributed by atoms with van der Waals surface area (Å²) in [4.78, 5) is 14.0. The number of carboxylic acid groups (broad SMARTS) is 1. The van der Waals surface area contributed by atoms with Gasteiger partial charge in [-0.3, -0.25) is 4.79 Å². The van der Waals surface area contributed by atoms with Crippen LogP contribution in [0.15, 0.2) is 0 Å². The number of aliphatic carboxylic acids is 1. The Hall–Kier alpha value is -0.610. The lowest BCUT2D eigenvalue weighted by atomic mass is 9.90. The summed E-state index contributed by atoms with van der Waals surface area (Å²) in [5.41, 5.74) is -0.722. The topological polar surface area (TPSA) is 52.6 Å². The quantitative estimate of drug-likeness (QED) is 0.711. The molecule has 0 spiro atoms. The van der Waals surface area contributed by atoms with Gasteiger partial charge in [0, 0.05) is 0 Å². The molecule has 0 aromatic heterocycles. The van der Waals surface area contributed by atoms with Crippen LogP contribution in [-0.4, -0.2) is 47.7 Å². The fourth-order valence-corrected chi connectivity index (χ4v) is 3.03. The molecule has 0 bridgehead atoms. The number of rotatable bonds is 8. The molecular formula is C15H30N2O2. The molecule has 112 valence electrons. The third kappa shape index (κ3) is 5.11. The van der Waals surface area contributed by atoms with Crippen LogP contribution >= 0.6 is 0 Å². The van der Waals surface area contributed by atoms with Gasteiger partial charge in [-0.2, -0.15) is 0 Å². The summed E-state index contributed by atoms with van der Waals surface area (Å²) in [5, 5.41) is 12.6. The highest BCUT2D eigenvalue weighted by Gasteiger charge is 2.35. The summed E-state index contributed by atoms with van der Waals surface area (Å²) >= 11 is 0.